The zero-order valence-corrected chi connectivity index (χ0v) is 12.7. The third kappa shape index (κ3) is 2.88. The lowest BCUT2D eigenvalue weighted by Gasteiger charge is -2.31. The van der Waals surface area contributed by atoms with E-state index in [4.69, 9.17) is 4.52 Å². The Bertz CT molecular complexity index is 653. The second-order valence-electron chi connectivity index (χ2n) is 6.15. The van der Waals surface area contributed by atoms with Crippen LogP contribution in [0.3, 0.4) is 0 Å². The number of nitrogens with zero attached hydrogens (tertiary/aromatic N) is 5. The molecule has 0 aromatic carbocycles. The van der Waals surface area contributed by atoms with Crippen molar-refractivity contribution in [1.29, 1.82) is 0 Å². The number of aryl methyl sites for hydroxylation is 1. The number of nitrogens with one attached hydrogen (secondary N) is 1. The molecule has 0 bridgehead atoms. The fourth-order valence-corrected chi connectivity index (χ4v) is 2.90. The van der Waals surface area contributed by atoms with Gasteiger partial charge in [0.2, 0.25) is 5.89 Å². The van der Waals surface area contributed by atoms with E-state index in [-0.39, 0.29) is 5.92 Å². The Morgan fingerprint density at radius 2 is 2.18 bits per heavy atom. The average Bonchev–Trinajstić information content (AvgIpc) is 3.25. The minimum Gasteiger partial charge on any atom is -0.367 e. The minimum atomic E-state index is 0.282. The second kappa shape index (κ2) is 5.55. The van der Waals surface area contributed by atoms with Crippen LogP contribution in [0.4, 0.5) is 11.6 Å². The number of rotatable bonds is 4. The second-order valence-corrected chi connectivity index (χ2v) is 6.15. The predicted octanol–water partition coefficient (Wildman–Crippen LogP) is 2.13. The smallest absolute Gasteiger partial charge is 0.231 e. The topological polar surface area (TPSA) is 80.0 Å². The van der Waals surface area contributed by atoms with Gasteiger partial charge in [-0.1, -0.05) is 5.16 Å². The molecule has 1 aliphatic heterocycles. The molecule has 7 heteroatoms. The van der Waals surface area contributed by atoms with Crippen LogP contribution in [0, 0.1) is 6.92 Å². The molecule has 0 amide bonds. The fraction of sp³-hybridized carbons (Fsp3) is 0.600. The number of aromatic nitrogens is 4. The Hall–Kier alpha value is -2.18. The summed E-state index contributed by atoms with van der Waals surface area (Å²) in [4.78, 5) is 15.4. The van der Waals surface area contributed by atoms with E-state index in [0.717, 1.165) is 43.5 Å². The standard InChI is InChI=1S/C15H20N6O/c1-10-18-15(22-20-10)11-3-2-6-21(8-11)14-7-13(16-9-17-14)19-12-4-5-12/h7,9,11-12H,2-6,8H2,1H3,(H,16,17,19). The molecule has 2 aliphatic rings. The summed E-state index contributed by atoms with van der Waals surface area (Å²) in [7, 11) is 0. The van der Waals surface area contributed by atoms with Crippen LogP contribution in [-0.4, -0.2) is 39.2 Å². The molecular weight excluding hydrogens is 280 g/mol. The molecule has 22 heavy (non-hydrogen) atoms. The van der Waals surface area contributed by atoms with Gasteiger partial charge in [-0.15, -0.1) is 0 Å². The summed E-state index contributed by atoms with van der Waals surface area (Å²) in [5, 5.41) is 7.33. The van der Waals surface area contributed by atoms with Gasteiger partial charge in [-0.25, -0.2) is 9.97 Å². The monoisotopic (exact) mass is 300 g/mol. The number of hydrogen-bond acceptors (Lipinski definition) is 7. The van der Waals surface area contributed by atoms with Crippen molar-refractivity contribution in [3.05, 3.63) is 24.1 Å². The molecule has 1 aliphatic carbocycles. The van der Waals surface area contributed by atoms with Crippen molar-refractivity contribution in [3.63, 3.8) is 0 Å². The quantitative estimate of drug-likeness (QED) is 0.926. The van der Waals surface area contributed by atoms with Gasteiger partial charge in [-0.05, 0) is 32.6 Å². The number of anilines is 2. The normalized spacial score (nSPS) is 21.9. The molecule has 1 saturated heterocycles. The number of hydrogen-bond donors (Lipinski definition) is 1. The first-order chi connectivity index (χ1) is 10.8. The molecular formula is C15H20N6O. The van der Waals surface area contributed by atoms with Gasteiger partial charge in [0.25, 0.3) is 0 Å². The molecule has 1 saturated carbocycles. The molecule has 1 unspecified atom stereocenters. The molecule has 0 spiro atoms. The van der Waals surface area contributed by atoms with E-state index in [1.165, 1.54) is 12.8 Å². The third-order valence-electron chi connectivity index (χ3n) is 4.22. The van der Waals surface area contributed by atoms with Crippen molar-refractivity contribution in [1.82, 2.24) is 20.1 Å². The van der Waals surface area contributed by atoms with Gasteiger partial charge in [-0.3, -0.25) is 0 Å². The van der Waals surface area contributed by atoms with Crippen LogP contribution in [0.25, 0.3) is 0 Å². The maximum Gasteiger partial charge on any atom is 0.231 e. The molecule has 3 heterocycles. The van der Waals surface area contributed by atoms with Gasteiger partial charge in [0.1, 0.15) is 18.0 Å². The maximum atomic E-state index is 5.34. The maximum absolute atomic E-state index is 5.34. The van der Waals surface area contributed by atoms with Gasteiger partial charge in [-0.2, -0.15) is 4.98 Å². The Balaban J connectivity index is 1.49. The molecule has 1 N–H and O–H groups in total. The lowest BCUT2D eigenvalue weighted by atomic mass is 9.98. The van der Waals surface area contributed by atoms with Crippen molar-refractivity contribution >= 4 is 11.6 Å². The van der Waals surface area contributed by atoms with E-state index in [0.29, 0.717) is 11.9 Å². The van der Waals surface area contributed by atoms with Crippen molar-refractivity contribution in [2.24, 2.45) is 0 Å². The third-order valence-corrected chi connectivity index (χ3v) is 4.22. The van der Waals surface area contributed by atoms with Crippen LogP contribution in [0.5, 0.6) is 0 Å². The van der Waals surface area contributed by atoms with E-state index in [2.05, 4.69) is 30.3 Å². The fourth-order valence-electron chi connectivity index (χ4n) is 2.90. The van der Waals surface area contributed by atoms with Crippen molar-refractivity contribution in [2.45, 2.75) is 44.6 Å². The van der Waals surface area contributed by atoms with Gasteiger partial charge in [0.05, 0.1) is 5.92 Å². The zero-order chi connectivity index (χ0) is 14.9. The molecule has 116 valence electrons. The molecule has 2 fully saturated rings. The highest BCUT2D eigenvalue weighted by Crippen LogP contribution is 2.29. The lowest BCUT2D eigenvalue weighted by Crippen LogP contribution is -2.35. The van der Waals surface area contributed by atoms with E-state index in [1.54, 1.807) is 6.33 Å². The molecule has 2 aromatic heterocycles. The summed E-state index contributed by atoms with van der Waals surface area (Å²) in [6.07, 6.45) is 6.29. The van der Waals surface area contributed by atoms with Crippen LogP contribution in [-0.2, 0) is 0 Å². The largest absolute Gasteiger partial charge is 0.367 e. The molecule has 2 aromatic rings. The SMILES string of the molecule is Cc1noc(C2CCCN(c3cc(NC4CC4)ncn3)C2)n1. The summed E-state index contributed by atoms with van der Waals surface area (Å²) in [6, 6.07) is 2.64. The summed E-state index contributed by atoms with van der Waals surface area (Å²) < 4.78 is 5.34. The summed E-state index contributed by atoms with van der Waals surface area (Å²) in [5.41, 5.74) is 0. The highest BCUT2D eigenvalue weighted by molar-refractivity contribution is 5.49. The predicted molar refractivity (Wildman–Crippen MR) is 81.9 cm³/mol. The van der Waals surface area contributed by atoms with E-state index >= 15 is 0 Å². The van der Waals surface area contributed by atoms with Gasteiger partial charge < -0.3 is 14.7 Å². The van der Waals surface area contributed by atoms with Crippen molar-refractivity contribution < 1.29 is 4.52 Å². The molecule has 0 radical (unpaired) electrons. The van der Waals surface area contributed by atoms with Gasteiger partial charge in [0, 0.05) is 25.2 Å². The van der Waals surface area contributed by atoms with Crippen LogP contribution in [0.1, 0.15) is 43.3 Å². The summed E-state index contributed by atoms with van der Waals surface area (Å²) in [5.74, 6) is 3.62. The minimum absolute atomic E-state index is 0.282. The highest BCUT2D eigenvalue weighted by atomic mass is 16.5. The molecule has 7 nitrogen and oxygen atoms in total. The van der Waals surface area contributed by atoms with Crippen molar-refractivity contribution in [2.75, 3.05) is 23.3 Å². The first kappa shape index (κ1) is 13.5. The van der Waals surface area contributed by atoms with Gasteiger partial charge in [0.15, 0.2) is 5.82 Å². The Morgan fingerprint density at radius 3 is 2.95 bits per heavy atom. The molecule has 4 rings (SSSR count). The van der Waals surface area contributed by atoms with Crippen LogP contribution in [0.2, 0.25) is 0 Å². The summed E-state index contributed by atoms with van der Waals surface area (Å²) >= 11 is 0. The average molecular weight is 300 g/mol. The van der Waals surface area contributed by atoms with E-state index < -0.39 is 0 Å². The van der Waals surface area contributed by atoms with E-state index in [1.807, 2.05) is 13.0 Å². The van der Waals surface area contributed by atoms with Gasteiger partial charge >= 0.3 is 0 Å². The first-order valence-electron chi connectivity index (χ1n) is 7.91. The zero-order valence-electron chi connectivity index (χ0n) is 12.7. The summed E-state index contributed by atoms with van der Waals surface area (Å²) in [6.45, 7) is 3.72. The van der Waals surface area contributed by atoms with E-state index in [9.17, 15) is 0 Å². The highest BCUT2D eigenvalue weighted by Gasteiger charge is 2.27. The Kier molecular flexibility index (Phi) is 3.40. The van der Waals surface area contributed by atoms with Crippen LogP contribution >= 0.6 is 0 Å². The Morgan fingerprint density at radius 1 is 1.27 bits per heavy atom. The van der Waals surface area contributed by atoms with Crippen molar-refractivity contribution in [3.8, 4) is 0 Å². The van der Waals surface area contributed by atoms with Crippen LogP contribution < -0.4 is 10.2 Å². The van der Waals surface area contributed by atoms with Crippen LogP contribution in [0.15, 0.2) is 16.9 Å². The Labute approximate surface area is 129 Å². The first-order valence-corrected chi connectivity index (χ1v) is 7.91. The lowest BCUT2D eigenvalue weighted by molar-refractivity contribution is 0.331. The number of piperidine rings is 1. The molecule has 1 atom stereocenters.